The summed E-state index contributed by atoms with van der Waals surface area (Å²) in [5, 5.41) is 0. The van der Waals surface area contributed by atoms with Crippen LogP contribution < -0.4 is 16.4 Å². The van der Waals surface area contributed by atoms with Gasteiger partial charge in [0, 0.05) is 18.3 Å². The Morgan fingerprint density at radius 1 is 1.43 bits per heavy atom. The Bertz CT molecular complexity index is 545. The van der Waals surface area contributed by atoms with Gasteiger partial charge in [-0.25, -0.2) is 0 Å². The molecule has 0 saturated heterocycles. The van der Waals surface area contributed by atoms with Gasteiger partial charge in [-0.3, -0.25) is 4.79 Å². The van der Waals surface area contributed by atoms with Gasteiger partial charge in [0.2, 0.25) is 5.91 Å². The van der Waals surface area contributed by atoms with Gasteiger partial charge in [-0.1, -0.05) is 24.6 Å². The minimum absolute atomic E-state index is 0.218. The van der Waals surface area contributed by atoms with Gasteiger partial charge in [0.05, 0.1) is 5.54 Å². The van der Waals surface area contributed by atoms with E-state index in [1.807, 2.05) is 0 Å². The fourth-order valence-corrected chi connectivity index (χ4v) is 4.09. The van der Waals surface area contributed by atoms with Gasteiger partial charge in [0.15, 0.2) is 0 Å². The van der Waals surface area contributed by atoms with Crippen LogP contribution in [0.4, 0.5) is 5.69 Å². The maximum atomic E-state index is 11.7. The first kappa shape index (κ1) is 14.4. The Hall–Kier alpha value is -1.55. The number of para-hydroxylation sites is 1. The van der Waals surface area contributed by atoms with Crippen molar-refractivity contribution in [3.63, 3.8) is 0 Å². The highest BCUT2D eigenvalue weighted by atomic mass is 16.1. The molecule has 1 aliphatic carbocycles. The summed E-state index contributed by atoms with van der Waals surface area (Å²) >= 11 is 0. The summed E-state index contributed by atoms with van der Waals surface area (Å²) in [4.78, 5) is 14.1. The van der Waals surface area contributed by atoms with Gasteiger partial charge < -0.3 is 16.4 Å². The Morgan fingerprint density at radius 3 is 2.95 bits per heavy atom. The first-order chi connectivity index (χ1) is 10.0. The molecule has 1 saturated carbocycles. The minimum atomic E-state index is -0.789. The molecule has 3 atom stereocenters. The van der Waals surface area contributed by atoms with Gasteiger partial charge in [-0.15, -0.1) is 0 Å². The minimum Gasteiger partial charge on any atom is -0.368 e. The highest BCUT2D eigenvalue weighted by molar-refractivity contribution is 5.85. The number of hydrogen-bond acceptors (Lipinski definition) is 3. The second-order valence-electron chi connectivity index (χ2n) is 6.66. The number of fused-ring (bicyclic) bond motifs is 1. The molecule has 4 heteroatoms. The van der Waals surface area contributed by atoms with E-state index in [0.717, 1.165) is 38.6 Å². The maximum Gasteiger partial charge on any atom is 0.237 e. The lowest BCUT2D eigenvalue weighted by Gasteiger charge is -2.31. The Balaban J connectivity index is 1.70. The fourth-order valence-electron chi connectivity index (χ4n) is 4.09. The molecule has 3 unspecified atom stereocenters. The van der Waals surface area contributed by atoms with Crippen molar-refractivity contribution >= 4 is 11.6 Å². The van der Waals surface area contributed by atoms with Gasteiger partial charge in [-0.2, -0.15) is 0 Å². The number of rotatable bonds is 4. The largest absolute Gasteiger partial charge is 0.368 e. The Morgan fingerprint density at radius 2 is 2.19 bits per heavy atom. The molecule has 0 radical (unpaired) electrons. The lowest BCUT2D eigenvalue weighted by molar-refractivity contribution is -0.124. The molecule has 1 aliphatic heterocycles. The summed E-state index contributed by atoms with van der Waals surface area (Å²) in [6, 6.07) is 9.11. The van der Waals surface area contributed by atoms with Crippen LogP contribution in [0.2, 0.25) is 0 Å². The zero-order valence-corrected chi connectivity index (χ0v) is 12.7. The van der Waals surface area contributed by atoms with Crippen molar-refractivity contribution < 1.29 is 4.79 Å². The van der Waals surface area contributed by atoms with Gasteiger partial charge in [0.25, 0.3) is 0 Å². The molecular weight excluding hydrogens is 262 g/mol. The summed E-state index contributed by atoms with van der Waals surface area (Å²) in [5.74, 6) is -0.116. The summed E-state index contributed by atoms with van der Waals surface area (Å²) in [5.41, 5.74) is 13.8. The fraction of sp³-hybridized carbons (Fsp3) is 0.588. The topological polar surface area (TPSA) is 72.3 Å². The van der Waals surface area contributed by atoms with Gasteiger partial charge in [0.1, 0.15) is 0 Å². The molecule has 0 aromatic heterocycles. The molecule has 0 spiro atoms. The van der Waals surface area contributed by atoms with Crippen LogP contribution in [-0.2, 0) is 11.2 Å². The van der Waals surface area contributed by atoms with E-state index in [-0.39, 0.29) is 11.8 Å². The third-order valence-electron chi connectivity index (χ3n) is 5.40. The second kappa shape index (κ2) is 5.34. The highest BCUT2D eigenvalue weighted by Crippen LogP contribution is 2.38. The van der Waals surface area contributed by atoms with Crippen LogP contribution in [0.25, 0.3) is 0 Å². The van der Waals surface area contributed by atoms with Crippen LogP contribution in [0.5, 0.6) is 0 Å². The van der Waals surface area contributed by atoms with E-state index in [4.69, 9.17) is 11.5 Å². The molecule has 0 bridgehead atoms. The number of anilines is 1. The van der Waals surface area contributed by atoms with E-state index < -0.39 is 5.54 Å². The molecule has 1 aromatic rings. The summed E-state index contributed by atoms with van der Waals surface area (Å²) < 4.78 is 0. The third kappa shape index (κ3) is 2.42. The van der Waals surface area contributed by atoms with Crippen molar-refractivity contribution in [2.75, 3.05) is 11.4 Å². The van der Waals surface area contributed by atoms with Crippen molar-refractivity contribution in [2.45, 2.75) is 50.6 Å². The summed E-state index contributed by atoms with van der Waals surface area (Å²) in [7, 11) is 0. The Labute approximate surface area is 126 Å². The Kier molecular flexibility index (Phi) is 3.66. The molecule has 1 aromatic carbocycles. The SMILES string of the molecule is CC1Cc2ccccc2N1CCC1CCCC1(N)C(N)=O. The van der Waals surface area contributed by atoms with E-state index in [1.165, 1.54) is 11.3 Å². The molecule has 1 amide bonds. The first-order valence-electron chi connectivity index (χ1n) is 7.95. The monoisotopic (exact) mass is 287 g/mol. The van der Waals surface area contributed by atoms with Crippen LogP contribution in [0, 0.1) is 5.92 Å². The number of nitrogens with two attached hydrogens (primary N) is 2. The molecule has 2 aliphatic rings. The predicted octanol–water partition coefficient (Wildman–Crippen LogP) is 1.81. The van der Waals surface area contributed by atoms with Crippen molar-refractivity contribution in [1.29, 1.82) is 0 Å². The molecule has 1 heterocycles. The number of nitrogens with zero attached hydrogens (tertiary/aromatic N) is 1. The van der Waals surface area contributed by atoms with Gasteiger partial charge in [-0.05, 0) is 50.2 Å². The van der Waals surface area contributed by atoms with Crippen molar-refractivity contribution in [2.24, 2.45) is 17.4 Å². The summed E-state index contributed by atoms with van der Waals surface area (Å²) in [6.07, 6.45) is 4.81. The number of carbonyl (C=O) groups is 1. The van der Waals surface area contributed by atoms with Crippen molar-refractivity contribution in [3.05, 3.63) is 29.8 Å². The molecule has 1 fully saturated rings. The van der Waals surface area contributed by atoms with Crippen molar-refractivity contribution in [1.82, 2.24) is 0 Å². The standard InChI is InChI=1S/C17H25N3O/c1-12-11-13-5-2-3-7-15(13)20(12)10-8-14-6-4-9-17(14,19)16(18)21/h2-3,5,7,12,14H,4,6,8-11,19H2,1H3,(H2,18,21). The zero-order valence-electron chi connectivity index (χ0n) is 12.7. The van der Waals surface area contributed by atoms with E-state index >= 15 is 0 Å². The highest BCUT2D eigenvalue weighted by Gasteiger charge is 2.44. The molecule has 114 valence electrons. The number of amides is 1. The average Bonchev–Trinajstić information content (AvgIpc) is 2.97. The van der Waals surface area contributed by atoms with Crippen LogP contribution in [-0.4, -0.2) is 24.0 Å². The first-order valence-corrected chi connectivity index (χ1v) is 7.95. The lowest BCUT2D eigenvalue weighted by Crippen LogP contribution is -2.55. The number of hydrogen-bond donors (Lipinski definition) is 2. The lowest BCUT2D eigenvalue weighted by atomic mass is 9.85. The van der Waals surface area contributed by atoms with E-state index in [0.29, 0.717) is 6.04 Å². The van der Waals surface area contributed by atoms with Crippen LogP contribution in [0.3, 0.4) is 0 Å². The molecule has 4 nitrogen and oxygen atoms in total. The predicted molar refractivity (Wildman–Crippen MR) is 85.0 cm³/mol. The second-order valence-corrected chi connectivity index (χ2v) is 6.66. The quantitative estimate of drug-likeness (QED) is 0.887. The van der Waals surface area contributed by atoms with E-state index in [9.17, 15) is 4.79 Å². The average molecular weight is 287 g/mol. The van der Waals surface area contributed by atoms with Crippen molar-refractivity contribution in [3.8, 4) is 0 Å². The van der Waals surface area contributed by atoms with Gasteiger partial charge >= 0.3 is 0 Å². The van der Waals surface area contributed by atoms with E-state index in [1.54, 1.807) is 0 Å². The molecule has 3 rings (SSSR count). The number of carbonyl (C=O) groups excluding carboxylic acids is 1. The summed E-state index contributed by atoms with van der Waals surface area (Å²) in [6.45, 7) is 3.22. The maximum absolute atomic E-state index is 11.7. The molecule has 4 N–H and O–H groups in total. The number of primary amides is 1. The van der Waals surface area contributed by atoms with Crippen LogP contribution >= 0.6 is 0 Å². The van der Waals surface area contributed by atoms with E-state index in [2.05, 4.69) is 36.1 Å². The van der Waals surface area contributed by atoms with Crippen LogP contribution in [0.1, 0.15) is 38.2 Å². The molecular formula is C17H25N3O. The smallest absolute Gasteiger partial charge is 0.237 e. The third-order valence-corrected chi connectivity index (χ3v) is 5.40. The van der Waals surface area contributed by atoms with Crippen LogP contribution in [0.15, 0.2) is 24.3 Å². The number of benzene rings is 1. The molecule has 21 heavy (non-hydrogen) atoms. The normalized spacial score (nSPS) is 31.4. The zero-order chi connectivity index (χ0) is 15.0.